The number of alkyl halides is 3. The van der Waals surface area contributed by atoms with Crippen LogP contribution in [-0.4, -0.2) is 33.9 Å². The number of pyridine rings is 1. The molecule has 1 aromatic heterocycles. The Labute approximate surface area is 142 Å². The third-order valence-corrected chi connectivity index (χ3v) is 4.44. The zero-order valence-corrected chi connectivity index (χ0v) is 13.8. The van der Waals surface area contributed by atoms with Crippen molar-refractivity contribution in [1.29, 1.82) is 0 Å². The maximum absolute atomic E-state index is 13.2. The van der Waals surface area contributed by atoms with Crippen LogP contribution in [0.2, 0.25) is 0 Å². The van der Waals surface area contributed by atoms with Gasteiger partial charge in [-0.15, -0.1) is 0 Å². The number of likely N-dealkylation sites (tertiary alicyclic amines) is 1. The highest BCUT2D eigenvalue weighted by Gasteiger charge is 2.36. The average Bonchev–Trinajstić information content (AvgIpc) is 2.54. The largest absolute Gasteiger partial charge is 0.431 e. The van der Waals surface area contributed by atoms with Crippen molar-refractivity contribution in [3.8, 4) is 0 Å². The third-order valence-electron chi connectivity index (χ3n) is 4.44. The van der Waals surface area contributed by atoms with E-state index in [1.54, 1.807) is 0 Å². The number of nitrogens with zero attached hydrogens (tertiary/aromatic N) is 2. The van der Waals surface area contributed by atoms with Gasteiger partial charge in [-0.25, -0.2) is 0 Å². The molecule has 25 heavy (non-hydrogen) atoms. The van der Waals surface area contributed by atoms with Crippen LogP contribution >= 0.6 is 0 Å². The number of hydrogen-bond acceptors (Lipinski definition) is 3. The molecule has 1 aromatic rings. The molecule has 2 amide bonds. The van der Waals surface area contributed by atoms with E-state index in [1.165, 1.54) is 4.90 Å². The van der Waals surface area contributed by atoms with Crippen LogP contribution in [0.4, 0.5) is 13.2 Å². The summed E-state index contributed by atoms with van der Waals surface area (Å²) in [7, 11) is 0. The van der Waals surface area contributed by atoms with Crippen LogP contribution < -0.4 is 11.3 Å². The second-order valence-electron chi connectivity index (χ2n) is 6.03. The molecule has 0 aromatic carbocycles. The molecule has 0 aliphatic carbocycles. The van der Waals surface area contributed by atoms with Crippen LogP contribution in [0, 0.1) is 0 Å². The lowest BCUT2D eigenvalue weighted by molar-refractivity contribution is -0.146. The van der Waals surface area contributed by atoms with Gasteiger partial charge in [0.1, 0.15) is 17.8 Å². The predicted molar refractivity (Wildman–Crippen MR) is 83.9 cm³/mol. The molecule has 2 N–H and O–H groups in total. The topological polar surface area (TPSA) is 85.4 Å². The number of nitrogens with two attached hydrogens (primary N) is 1. The molecule has 0 bridgehead atoms. The van der Waals surface area contributed by atoms with Crippen LogP contribution in [-0.2, 0) is 17.5 Å². The van der Waals surface area contributed by atoms with E-state index in [1.807, 2.05) is 6.92 Å². The third kappa shape index (κ3) is 4.02. The Morgan fingerprint density at radius 1 is 1.28 bits per heavy atom. The summed E-state index contributed by atoms with van der Waals surface area (Å²) in [6, 6.07) is 1.29. The van der Waals surface area contributed by atoms with E-state index in [-0.39, 0.29) is 6.04 Å². The van der Waals surface area contributed by atoms with E-state index >= 15 is 0 Å². The Balaban J connectivity index is 2.42. The van der Waals surface area contributed by atoms with E-state index in [2.05, 4.69) is 0 Å². The Kier molecular flexibility index (Phi) is 5.54. The smallest absolute Gasteiger partial charge is 0.365 e. The minimum atomic E-state index is -4.83. The van der Waals surface area contributed by atoms with E-state index < -0.39 is 41.4 Å². The molecule has 0 saturated carbocycles. The average molecular weight is 359 g/mol. The van der Waals surface area contributed by atoms with Gasteiger partial charge in [-0.1, -0.05) is 6.92 Å². The van der Waals surface area contributed by atoms with Gasteiger partial charge in [0.2, 0.25) is 5.91 Å². The number of piperidine rings is 1. The summed E-state index contributed by atoms with van der Waals surface area (Å²) in [6.45, 7) is 1.57. The van der Waals surface area contributed by atoms with Crippen molar-refractivity contribution in [1.82, 2.24) is 9.47 Å². The highest BCUT2D eigenvalue weighted by Crippen LogP contribution is 2.29. The molecule has 2 rings (SSSR count). The van der Waals surface area contributed by atoms with Crippen molar-refractivity contribution in [2.24, 2.45) is 5.73 Å². The molecule has 0 radical (unpaired) electrons. The SMILES string of the molecule is CCC1CCCCN1C(=O)Cn1c(C(F)(F)F)ccc(C(N)=O)c1=O. The molecule has 1 atom stereocenters. The summed E-state index contributed by atoms with van der Waals surface area (Å²) < 4.78 is 39.9. The first-order valence-electron chi connectivity index (χ1n) is 8.07. The lowest BCUT2D eigenvalue weighted by Crippen LogP contribution is -2.46. The van der Waals surface area contributed by atoms with Gasteiger partial charge in [0.25, 0.3) is 11.5 Å². The second kappa shape index (κ2) is 7.28. The van der Waals surface area contributed by atoms with E-state index in [9.17, 15) is 27.6 Å². The molecule has 9 heteroatoms. The molecular weight excluding hydrogens is 339 g/mol. The molecule has 0 spiro atoms. The molecule has 138 valence electrons. The number of primary amides is 1. The molecule has 1 aliphatic heterocycles. The van der Waals surface area contributed by atoms with Crippen LogP contribution in [0.25, 0.3) is 0 Å². The van der Waals surface area contributed by atoms with Gasteiger partial charge in [0.15, 0.2) is 0 Å². The molecule has 2 heterocycles. The van der Waals surface area contributed by atoms with Crippen molar-refractivity contribution in [2.75, 3.05) is 6.54 Å². The van der Waals surface area contributed by atoms with Crippen molar-refractivity contribution in [2.45, 2.75) is 51.4 Å². The molecule has 1 saturated heterocycles. The van der Waals surface area contributed by atoms with Gasteiger partial charge < -0.3 is 10.6 Å². The standard InChI is InChI=1S/C16H20F3N3O3/c1-2-10-5-3-4-8-21(10)13(23)9-22-12(16(17,18)19)7-6-11(14(20)24)15(22)25/h6-7,10H,2-5,8-9H2,1H3,(H2,20,24). The zero-order valence-electron chi connectivity index (χ0n) is 13.8. The first-order valence-corrected chi connectivity index (χ1v) is 8.07. The number of amides is 2. The summed E-state index contributed by atoms with van der Waals surface area (Å²) >= 11 is 0. The van der Waals surface area contributed by atoms with Crippen LogP contribution in [0.1, 0.15) is 48.7 Å². The summed E-state index contributed by atoms with van der Waals surface area (Å²) in [4.78, 5) is 37.5. The Morgan fingerprint density at radius 2 is 1.96 bits per heavy atom. The fraction of sp³-hybridized carbons (Fsp3) is 0.562. The summed E-state index contributed by atoms with van der Waals surface area (Å²) in [6.07, 6.45) is -1.64. The van der Waals surface area contributed by atoms with Crippen LogP contribution in [0.15, 0.2) is 16.9 Å². The van der Waals surface area contributed by atoms with E-state index in [4.69, 9.17) is 5.73 Å². The fourth-order valence-corrected chi connectivity index (χ4v) is 3.15. The number of aromatic nitrogens is 1. The van der Waals surface area contributed by atoms with Crippen molar-refractivity contribution >= 4 is 11.8 Å². The number of carbonyl (C=O) groups is 2. The van der Waals surface area contributed by atoms with Gasteiger partial charge in [-0.05, 0) is 37.8 Å². The number of carbonyl (C=O) groups excluding carboxylic acids is 2. The maximum atomic E-state index is 13.2. The highest BCUT2D eigenvalue weighted by atomic mass is 19.4. The monoisotopic (exact) mass is 359 g/mol. The van der Waals surface area contributed by atoms with Crippen molar-refractivity contribution < 1.29 is 22.8 Å². The number of rotatable bonds is 4. The van der Waals surface area contributed by atoms with Crippen LogP contribution in [0.5, 0.6) is 0 Å². The minimum absolute atomic E-state index is 0.0504. The van der Waals surface area contributed by atoms with Gasteiger partial charge in [0, 0.05) is 12.6 Å². The Hall–Kier alpha value is -2.32. The van der Waals surface area contributed by atoms with Crippen molar-refractivity contribution in [3.05, 3.63) is 33.7 Å². The fourth-order valence-electron chi connectivity index (χ4n) is 3.15. The number of hydrogen-bond donors (Lipinski definition) is 1. The Bertz CT molecular complexity index is 728. The minimum Gasteiger partial charge on any atom is -0.365 e. The molecule has 6 nitrogen and oxygen atoms in total. The van der Waals surface area contributed by atoms with E-state index in [0.717, 1.165) is 25.3 Å². The lowest BCUT2D eigenvalue weighted by Gasteiger charge is -2.35. The van der Waals surface area contributed by atoms with Crippen LogP contribution in [0.3, 0.4) is 0 Å². The number of halogens is 3. The first-order chi connectivity index (χ1) is 11.7. The van der Waals surface area contributed by atoms with Gasteiger partial charge in [-0.3, -0.25) is 19.0 Å². The first kappa shape index (κ1) is 19.0. The second-order valence-corrected chi connectivity index (χ2v) is 6.03. The summed E-state index contributed by atoms with van der Waals surface area (Å²) in [5.74, 6) is -1.70. The quantitative estimate of drug-likeness (QED) is 0.889. The zero-order chi connectivity index (χ0) is 18.8. The Morgan fingerprint density at radius 3 is 2.52 bits per heavy atom. The maximum Gasteiger partial charge on any atom is 0.431 e. The lowest BCUT2D eigenvalue weighted by atomic mass is 10.00. The highest BCUT2D eigenvalue weighted by molar-refractivity contribution is 5.92. The van der Waals surface area contributed by atoms with E-state index in [0.29, 0.717) is 23.6 Å². The van der Waals surface area contributed by atoms with Gasteiger partial charge in [0.05, 0.1) is 0 Å². The summed E-state index contributed by atoms with van der Waals surface area (Å²) in [5.41, 5.74) is 1.97. The van der Waals surface area contributed by atoms with Gasteiger partial charge >= 0.3 is 6.18 Å². The predicted octanol–water partition coefficient (Wildman–Crippen LogP) is 1.76. The van der Waals surface area contributed by atoms with Crippen molar-refractivity contribution in [3.63, 3.8) is 0 Å². The molecule has 1 fully saturated rings. The molecule has 1 unspecified atom stereocenters. The normalized spacial score (nSPS) is 18.2. The summed E-state index contributed by atoms with van der Waals surface area (Å²) in [5, 5.41) is 0. The molecular formula is C16H20F3N3O3. The molecule has 1 aliphatic rings. The van der Waals surface area contributed by atoms with Gasteiger partial charge in [-0.2, -0.15) is 13.2 Å².